The van der Waals surface area contributed by atoms with E-state index in [1.165, 1.54) is 57.1 Å². The van der Waals surface area contributed by atoms with Crippen LogP contribution < -0.4 is 0 Å². The molecular formula is C27H46F2O3. The highest BCUT2D eigenvalue weighted by atomic mass is 19.1. The Balaban J connectivity index is 2.32. The van der Waals surface area contributed by atoms with E-state index >= 15 is 0 Å². The molecule has 3 nitrogen and oxygen atoms in total. The fraction of sp³-hybridized carbons (Fsp3) is 0.778. The molecule has 0 heterocycles. The van der Waals surface area contributed by atoms with E-state index in [1.54, 1.807) is 0 Å². The Morgan fingerprint density at radius 3 is 1.69 bits per heavy atom. The van der Waals surface area contributed by atoms with Crippen LogP contribution in [0.3, 0.4) is 0 Å². The summed E-state index contributed by atoms with van der Waals surface area (Å²) in [6.45, 7) is 6.69. The molecule has 0 N–H and O–H groups in total. The second kappa shape index (κ2) is 19.4. The molecule has 1 unspecified atom stereocenters. The van der Waals surface area contributed by atoms with Crippen LogP contribution in [-0.4, -0.2) is 25.8 Å². The van der Waals surface area contributed by atoms with Gasteiger partial charge in [-0.3, -0.25) is 0 Å². The molecule has 0 aliphatic carbocycles. The van der Waals surface area contributed by atoms with Crippen LogP contribution in [0.4, 0.5) is 8.78 Å². The predicted molar refractivity (Wildman–Crippen MR) is 128 cm³/mol. The average molecular weight is 457 g/mol. The van der Waals surface area contributed by atoms with Crippen molar-refractivity contribution in [3.05, 3.63) is 35.4 Å². The topological polar surface area (TPSA) is 27.7 Å². The first kappa shape index (κ1) is 29.0. The molecule has 1 aromatic carbocycles. The van der Waals surface area contributed by atoms with Gasteiger partial charge in [0.15, 0.2) is 0 Å². The van der Waals surface area contributed by atoms with Crippen molar-refractivity contribution >= 4 is 0 Å². The Labute approximate surface area is 195 Å². The second-order valence-electron chi connectivity index (χ2n) is 8.60. The van der Waals surface area contributed by atoms with E-state index < -0.39 is 18.1 Å². The molecule has 32 heavy (non-hydrogen) atoms. The van der Waals surface area contributed by atoms with E-state index in [2.05, 4.69) is 6.92 Å². The molecule has 0 saturated carbocycles. The largest absolute Gasteiger partial charge is 0.330 e. The Bertz CT molecular complexity index is 542. The van der Waals surface area contributed by atoms with Crippen molar-refractivity contribution in [3.8, 4) is 0 Å². The Morgan fingerprint density at radius 2 is 1.16 bits per heavy atom. The number of ether oxygens (including phenoxy) is 3. The first-order chi connectivity index (χ1) is 15.6. The Kier molecular flexibility index (Phi) is 17.6. The van der Waals surface area contributed by atoms with Gasteiger partial charge >= 0.3 is 0 Å². The van der Waals surface area contributed by atoms with Crippen LogP contribution in [0.5, 0.6) is 0 Å². The first-order valence-corrected chi connectivity index (χ1v) is 12.9. The fourth-order valence-electron chi connectivity index (χ4n) is 3.98. The minimum absolute atomic E-state index is 0.144. The van der Waals surface area contributed by atoms with E-state index in [4.69, 9.17) is 14.2 Å². The van der Waals surface area contributed by atoms with Gasteiger partial charge in [0.1, 0.15) is 11.6 Å². The molecular weight excluding hydrogens is 410 g/mol. The third-order valence-corrected chi connectivity index (χ3v) is 5.70. The number of hydrogen-bond donors (Lipinski definition) is 0. The molecule has 0 amide bonds. The minimum Gasteiger partial charge on any atom is -0.330 e. The molecule has 0 saturated heterocycles. The number of rotatable bonds is 21. The number of hydrogen-bond acceptors (Lipinski definition) is 3. The molecule has 1 aromatic rings. The third-order valence-electron chi connectivity index (χ3n) is 5.70. The van der Waals surface area contributed by atoms with E-state index in [0.29, 0.717) is 19.6 Å². The lowest BCUT2D eigenvalue weighted by Crippen LogP contribution is -2.27. The summed E-state index contributed by atoms with van der Waals surface area (Å²) in [4.78, 5) is 0. The average Bonchev–Trinajstić information content (AvgIpc) is 2.75. The zero-order valence-corrected chi connectivity index (χ0v) is 20.7. The summed E-state index contributed by atoms with van der Waals surface area (Å²) in [5.41, 5.74) is 0.735. The van der Waals surface area contributed by atoms with Gasteiger partial charge in [0.05, 0.1) is 6.10 Å². The number of benzene rings is 1. The van der Waals surface area contributed by atoms with Crippen LogP contribution in [0.2, 0.25) is 0 Å². The van der Waals surface area contributed by atoms with E-state index in [-0.39, 0.29) is 6.10 Å². The first-order valence-electron chi connectivity index (χ1n) is 12.9. The van der Waals surface area contributed by atoms with Crippen LogP contribution >= 0.6 is 0 Å². The lowest BCUT2D eigenvalue weighted by molar-refractivity contribution is -0.302. The lowest BCUT2D eigenvalue weighted by atomic mass is 10.0. The van der Waals surface area contributed by atoms with Gasteiger partial charge in [0, 0.05) is 19.3 Å². The molecule has 0 fully saturated rings. The summed E-state index contributed by atoms with van der Waals surface area (Å²) < 4.78 is 43.9. The van der Waals surface area contributed by atoms with Crippen LogP contribution in [0, 0.1) is 11.6 Å². The highest BCUT2D eigenvalue weighted by Gasteiger charge is 2.17. The standard InChI is InChI=1S/C27H46F2O3/c1-4-7-8-9-10-11-15-18-26(32-27(30-5-2)31-6-3)19-16-13-12-14-17-23-20-24(28)22-25(29)21-23/h20-22,26-27H,4-19H2,1-3H3. The number of aryl methyl sites for hydroxylation is 1. The maximum absolute atomic E-state index is 13.3. The summed E-state index contributed by atoms with van der Waals surface area (Å²) in [6, 6.07) is 3.78. The predicted octanol–water partition coefficient (Wildman–Crippen LogP) is 8.34. The van der Waals surface area contributed by atoms with Gasteiger partial charge in [-0.05, 0) is 57.2 Å². The van der Waals surface area contributed by atoms with Crippen LogP contribution in [0.15, 0.2) is 18.2 Å². The molecule has 0 spiro atoms. The maximum Gasteiger partial charge on any atom is 0.271 e. The van der Waals surface area contributed by atoms with Gasteiger partial charge in [0.25, 0.3) is 6.48 Å². The lowest BCUT2D eigenvalue weighted by Gasteiger charge is -2.24. The molecule has 1 rings (SSSR count). The van der Waals surface area contributed by atoms with Crippen molar-refractivity contribution < 1.29 is 23.0 Å². The summed E-state index contributed by atoms with van der Waals surface area (Å²) in [5, 5.41) is 0. The molecule has 0 bridgehead atoms. The normalized spacial score (nSPS) is 12.6. The SMILES string of the molecule is CCCCCCCCCC(CCCCCCc1cc(F)cc(F)c1)OC(OCC)OCC. The van der Waals surface area contributed by atoms with Gasteiger partial charge in [-0.2, -0.15) is 0 Å². The van der Waals surface area contributed by atoms with Crippen LogP contribution in [-0.2, 0) is 20.6 Å². The zero-order chi connectivity index (χ0) is 23.4. The van der Waals surface area contributed by atoms with E-state index in [1.807, 2.05) is 13.8 Å². The summed E-state index contributed by atoms with van der Waals surface area (Å²) >= 11 is 0. The van der Waals surface area contributed by atoms with E-state index in [9.17, 15) is 8.78 Å². The fourth-order valence-corrected chi connectivity index (χ4v) is 3.98. The van der Waals surface area contributed by atoms with Crippen molar-refractivity contribution in [2.75, 3.05) is 13.2 Å². The minimum atomic E-state index is -0.581. The second-order valence-corrected chi connectivity index (χ2v) is 8.60. The summed E-state index contributed by atoms with van der Waals surface area (Å²) in [7, 11) is 0. The highest BCUT2D eigenvalue weighted by molar-refractivity contribution is 5.17. The van der Waals surface area contributed by atoms with Crippen molar-refractivity contribution in [1.82, 2.24) is 0 Å². The summed E-state index contributed by atoms with van der Waals surface area (Å²) in [5.74, 6) is -0.994. The van der Waals surface area contributed by atoms with Crippen LogP contribution in [0.1, 0.15) is 110 Å². The van der Waals surface area contributed by atoms with Crippen molar-refractivity contribution in [2.45, 2.75) is 123 Å². The molecule has 0 aliphatic rings. The third kappa shape index (κ3) is 14.9. The zero-order valence-electron chi connectivity index (χ0n) is 20.7. The molecule has 5 heteroatoms. The molecule has 1 atom stereocenters. The van der Waals surface area contributed by atoms with Gasteiger partial charge in [-0.25, -0.2) is 8.78 Å². The molecule has 0 aliphatic heterocycles. The summed E-state index contributed by atoms with van der Waals surface area (Å²) in [6.07, 6.45) is 16.0. The quantitative estimate of drug-likeness (QED) is 0.137. The van der Waals surface area contributed by atoms with Gasteiger partial charge in [-0.1, -0.05) is 71.1 Å². The molecule has 186 valence electrons. The van der Waals surface area contributed by atoms with Crippen molar-refractivity contribution in [1.29, 1.82) is 0 Å². The Morgan fingerprint density at radius 1 is 0.656 bits per heavy atom. The van der Waals surface area contributed by atoms with Crippen LogP contribution in [0.25, 0.3) is 0 Å². The van der Waals surface area contributed by atoms with Gasteiger partial charge in [0.2, 0.25) is 0 Å². The van der Waals surface area contributed by atoms with Crippen molar-refractivity contribution in [2.24, 2.45) is 0 Å². The molecule has 0 radical (unpaired) electrons. The molecule has 0 aromatic heterocycles. The van der Waals surface area contributed by atoms with E-state index in [0.717, 1.165) is 50.2 Å². The maximum atomic E-state index is 13.3. The highest BCUT2D eigenvalue weighted by Crippen LogP contribution is 2.19. The van der Waals surface area contributed by atoms with Gasteiger partial charge < -0.3 is 14.2 Å². The van der Waals surface area contributed by atoms with Gasteiger partial charge in [-0.15, -0.1) is 0 Å². The smallest absolute Gasteiger partial charge is 0.271 e. The number of unbranched alkanes of at least 4 members (excludes halogenated alkanes) is 9. The Hall–Kier alpha value is -1.04. The van der Waals surface area contributed by atoms with Crippen molar-refractivity contribution in [3.63, 3.8) is 0 Å². The monoisotopic (exact) mass is 456 g/mol. The number of halogens is 2.